The summed E-state index contributed by atoms with van der Waals surface area (Å²) in [6.45, 7) is 5.52. The van der Waals surface area contributed by atoms with E-state index >= 15 is 0 Å². The molecule has 3 rings (SSSR count). The van der Waals surface area contributed by atoms with Gasteiger partial charge in [0.2, 0.25) is 5.91 Å². The van der Waals surface area contributed by atoms with Gasteiger partial charge in [0.25, 0.3) is 5.56 Å². The minimum atomic E-state index is -0.465. The lowest BCUT2D eigenvalue weighted by Crippen LogP contribution is -2.43. The molecule has 0 aliphatic rings. The van der Waals surface area contributed by atoms with Gasteiger partial charge in [-0.25, -0.2) is 4.79 Å². The predicted octanol–water partition coefficient (Wildman–Crippen LogP) is 3.08. The van der Waals surface area contributed by atoms with Gasteiger partial charge in [-0.1, -0.05) is 31.2 Å². The molecule has 1 amide bonds. The molecular weight excluding hydrogens is 342 g/mol. The minimum Gasteiger partial charge on any atom is -0.325 e. The molecule has 0 saturated carbocycles. The van der Waals surface area contributed by atoms with E-state index in [0.717, 1.165) is 5.56 Å². The fraction of sp³-hybridized carbons (Fsp3) is 0.286. The summed E-state index contributed by atoms with van der Waals surface area (Å²) in [5.74, 6) is -0.317. The van der Waals surface area contributed by atoms with Crippen molar-refractivity contribution in [2.75, 3.05) is 5.32 Å². The summed E-state index contributed by atoms with van der Waals surface area (Å²) in [4.78, 5) is 38.3. The Hall–Kier alpha value is -3.15. The Bertz CT molecular complexity index is 1110. The third kappa shape index (κ3) is 3.69. The molecule has 0 saturated heterocycles. The smallest absolute Gasteiger partial charge is 0.325 e. The van der Waals surface area contributed by atoms with E-state index in [9.17, 15) is 14.4 Å². The van der Waals surface area contributed by atoms with Gasteiger partial charge >= 0.3 is 5.69 Å². The van der Waals surface area contributed by atoms with Crippen LogP contribution < -0.4 is 16.6 Å². The van der Waals surface area contributed by atoms with E-state index in [2.05, 4.69) is 5.32 Å². The second kappa shape index (κ2) is 7.61. The van der Waals surface area contributed by atoms with Crippen LogP contribution in [0.4, 0.5) is 5.69 Å². The summed E-state index contributed by atoms with van der Waals surface area (Å²) in [7, 11) is 0. The summed E-state index contributed by atoms with van der Waals surface area (Å²) in [5, 5.41) is 3.25. The molecule has 0 aliphatic carbocycles. The van der Waals surface area contributed by atoms with E-state index in [0.29, 0.717) is 23.0 Å². The highest BCUT2D eigenvalue weighted by Gasteiger charge is 2.18. The number of para-hydroxylation sites is 1. The van der Waals surface area contributed by atoms with Crippen LogP contribution >= 0.6 is 0 Å². The van der Waals surface area contributed by atoms with Crippen LogP contribution in [-0.2, 0) is 11.3 Å². The highest BCUT2D eigenvalue weighted by molar-refractivity contribution is 5.91. The van der Waals surface area contributed by atoms with Crippen molar-refractivity contribution in [1.29, 1.82) is 0 Å². The molecular formula is C21H23N3O3. The van der Waals surface area contributed by atoms with E-state index in [4.69, 9.17) is 0 Å². The Morgan fingerprint density at radius 1 is 1.11 bits per heavy atom. The summed E-state index contributed by atoms with van der Waals surface area (Å²) >= 11 is 0. The molecule has 0 aliphatic heterocycles. The molecule has 6 nitrogen and oxygen atoms in total. The largest absolute Gasteiger partial charge is 0.332 e. The van der Waals surface area contributed by atoms with Crippen molar-refractivity contribution in [1.82, 2.24) is 9.13 Å². The van der Waals surface area contributed by atoms with Crippen molar-refractivity contribution in [2.24, 2.45) is 0 Å². The topological polar surface area (TPSA) is 73.1 Å². The first kappa shape index (κ1) is 18.6. The van der Waals surface area contributed by atoms with Gasteiger partial charge in [0, 0.05) is 11.7 Å². The number of hydrogen-bond acceptors (Lipinski definition) is 3. The molecule has 1 atom stereocenters. The Kier molecular flexibility index (Phi) is 5.26. The van der Waals surface area contributed by atoms with Crippen molar-refractivity contribution in [3.63, 3.8) is 0 Å². The van der Waals surface area contributed by atoms with Gasteiger partial charge in [-0.15, -0.1) is 0 Å². The number of anilines is 1. The minimum absolute atomic E-state index is 0.163. The first-order chi connectivity index (χ1) is 12.9. The third-order valence-electron chi connectivity index (χ3n) is 4.72. The molecule has 27 heavy (non-hydrogen) atoms. The van der Waals surface area contributed by atoms with Crippen molar-refractivity contribution in [3.8, 4) is 0 Å². The molecule has 1 N–H and O–H groups in total. The van der Waals surface area contributed by atoms with Gasteiger partial charge in [0.1, 0.15) is 6.54 Å². The van der Waals surface area contributed by atoms with Crippen molar-refractivity contribution in [2.45, 2.75) is 39.8 Å². The molecule has 140 valence electrons. The molecule has 3 aromatic rings. The maximum atomic E-state index is 13.0. The van der Waals surface area contributed by atoms with Crippen LogP contribution in [0.3, 0.4) is 0 Å². The van der Waals surface area contributed by atoms with Gasteiger partial charge in [0.15, 0.2) is 0 Å². The Morgan fingerprint density at radius 2 is 1.85 bits per heavy atom. The fourth-order valence-corrected chi connectivity index (χ4v) is 3.13. The Labute approximate surface area is 157 Å². The summed E-state index contributed by atoms with van der Waals surface area (Å²) in [6.07, 6.45) is 0.642. The molecule has 2 aromatic carbocycles. The van der Waals surface area contributed by atoms with Crippen LogP contribution in [0.2, 0.25) is 0 Å². The fourth-order valence-electron chi connectivity index (χ4n) is 3.13. The van der Waals surface area contributed by atoms with Gasteiger partial charge in [-0.3, -0.25) is 18.7 Å². The van der Waals surface area contributed by atoms with E-state index in [-0.39, 0.29) is 24.1 Å². The van der Waals surface area contributed by atoms with Crippen molar-refractivity contribution < 1.29 is 4.79 Å². The maximum Gasteiger partial charge on any atom is 0.332 e. The number of amides is 1. The number of carbonyl (C=O) groups excluding carboxylic acids is 1. The zero-order valence-electron chi connectivity index (χ0n) is 15.7. The van der Waals surface area contributed by atoms with Crippen LogP contribution in [0.5, 0.6) is 0 Å². The number of nitrogens with one attached hydrogen (secondary N) is 1. The lowest BCUT2D eigenvalue weighted by Gasteiger charge is -2.17. The average molecular weight is 365 g/mol. The molecule has 1 heterocycles. The Morgan fingerprint density at radius 3 is 2.56 bits per heavy atom. The number of aryl methyl sites for hydroxylation is 1. The lowest BCUT2D eigenvalue weighted by molar-refractivity contribution is -0.116. The number of fused-ring (bicyclic) bond motifs is 1. The second-order valence-electron chi connectivity index (χ2n) is 6.74. The van der Waals surface area contributed by atoms with Crippen LogP contribution in [-0.4, -0.2) is 15.0 Å². The molecule has 0 fully saturated rings. The summed E-state index contributed by atoms with van der Waals surface area (Å²) in [6, 6.07) is 14.1. The first-order valence-electron chi connectivity index (χ1n) is 9.03. The number of hydrogen-bond donors (Lipinski definition) is 1. The van der Waals surface area contributed by atoms with E-state index in [1.165, 1.54) is 9.13 Å². The monoisotopic (exact) mass is 365 g/mol. The molecule has 6 heteroatoms. The molecule has 0 unspecified atom stereocenters. The van der Waals surface area contributed by atoms with Gasteiger partial charge in [0.05, 0.1) is 10.9 Å². The zero-order chi connectivity index (χ0) is 19.6. The number of nitrogens with zero attached hydrogens (tertiary/aromatic N) is 2. The van der Waals surface area contributed by atoms with E-state index < -0.39 is 5.69 Å². The maximum absolute atomic E-state index is 13.0. The quantitative estimate of drug-likeness (QED) is 0.755. The number of aromatic nitrogens is 2. The van der Waals surface area contributed by atoms with Crippen LogP contribution in [0, 0.1) is 6.92 Å². The average Bonchev–Trinajstić information content (AvgIpc) is 2.65. The van der Waals surface area contributed by atoms with Crippen molar-refractivity contribution >= 4 is 22.5 Å². The van der Waals surface area contributed by atoms with Crippen LogP contribution in [0.1, 0.15) is 31.9 Å². The molecule has 0 spiro atoms. The molecule has 0 radical (unpaired) electrons. The van der Waals surface area contributed by atoms with Crippen LogP contribution in [0.25, 0.3) is 10.9 Å². The normalized spacial score (nSPS) is 12.1. The molecule has 0 bridgehead atoms. The highest BCUT2D eigenvalue weighted by atomic mass is 16.2. The highest BCUT2D eigenvalue weighted by Crippen LogP contribution is 2.12. The van der Waals surface area contributed by atoms with Crippen LogP contribution in [0.15, 0.2) is 58.1 Å². The third-order valence-corrected chi connectivity index (χ3v) is 4.72. The van der Waals surface area contributed by atoms with E-state index in [1.807, 2.05) is 39.0 Å². The number of benzene rings is 2. The number of carbonyl (C=O) groups is 1. The van der Waals surface area contributed by atoms with Gasteiger partial charge < -0.3 is 5.32 Å². The van der Waals surface area contributed by atoms with Gasteiger partial charge in [-0.05, 0) is 50.1 Å². The Balaban J connectivity index is 2.06. The lowest BCUT2D eigenvalue weighted by atomic mass is 10.2. The predicted molar refractivity (Wildman–Crippen MR) is 107 cm³/mol. The SMILES string of the molecule is CC[C@@H](C)n1c(=O)c2ccccc2n(CC(=O)Nc2cccc(C)c2)c1=O. The number of rotatable bonds is 5. The standard InChI is InChI=1S/C21H23N3O3/c1-4-15(3)24-20(26)17-10-5-6-11-18(17)23(21(24)27)13-19(25)22-16-9-7-8-14(2)12-16/h5-12,15H,4,13H2,1-3H3,(H,22,25)/t15-/m1/s1. The van der Waals surface area contributed by atoms with E-state index in [1.54, 1.807) is 30.3 Å². The summed E-state index contributed by atoms with van der Waals surface area (Å²) in [5.41, 5.74) is 1.38. The molecule has 1 aromatic heterocycles. The zero-order valence-corrected chi connectivity index (χ0v) is 15.7. The first-order valence-corrected chi connectivity index (χ1v) is 9.03. The van der Waals surface area contributed by atoms with Crippen molar-refractivity contribution in [3.05, 3.63) is 74.9 Å². The summed E-state index contributed by atoms with van der Waals surface area (Å²) < 4.78 is 2.61. The second-order valence-corrected chi connectivity index (χ2v) is 6.74. The van der Waals surface area contributed by atoms with Gasteiger partial charge in [-0.2, -0.15) is 0 Å².